The summed E-state index contributed by atoms with van der Waals surface area (Å²) in [5, 5.41) is 2.44. The molecule has 2 aromatic rings. The van der Waals surface area contributed by atoms with Crippen molar-refractivity contribution in [2.24, 2.45) is 0 Å². The van der Waals surface area contributed by atoms with E-state index >= 15 is 0 Å². The highest BCUT2D eigenvalue weighted by Crippen LogP contribution is 2.30. The summed E-state index contributed by atoms with van der Waals surface area (Å²) in [6, 6.07) is 11.7. The third-order valence-electron chi connectivity index (χ3n) is 3.34. The molecule has 0 radical (unpaired) electrons. The van der Waals surface area contributed by atoms with Gasteiger partial charge in [0, 0.05) is 13.1 Å². The number of carbonyl (C=O) groups is 1. The monoisotopic (exact) mass is 402 g/mol. The van der Waals surface area contributed by atoms with Crippen molar-refractivity contribution in [3.8, 4) is 5.75 Å². The van der Waals surface area contributed by atoms with Crippen molar-refractivity contribution in [2.75, 3.05) is 19.7 Å². The third-order valence-corrected chi connectivity index (χ3v) is 4.82. The Hall–Kier alpha value is -2.59. The smallest absolute Gasteiger partial charge is 0.416 e. The molecule has 0 saturated carbocycles. The van der Waals surface area contributed by atoms with Gasteiger partial charge < -0.3 is 10.1 Å². The number of sulfonamides is 1. The molecule has 0 unspecified atom stereocenters. The lowest BCUT2D eigenvalue weighted by atomic mass is 10.2. The van der Waals surface area contributed by atoms with Crippen molar-refractivity contribution in [3.63, 3.8) is 0 Å². The Balaban J connectivity index is 1.71. The molecule has 0 bridgehead atoms. The predicted molar refractivity (Wildman–Crippen MR) is 91.6 cm³/mol. The van der Waals surface area contributed by atoms with E-state index in [9.17, 15) is 26.4 Å². The van der Waals surface area contributed by atoms with Crippen LogP contribution in [0.5, 0.6) is 5.75 Å². The minimum absolute atomic E-state index is 0.0246. The summed E-state index contributed by atoms with van der Waals surface area (Å²) in [4.78, 5) is 11.8. The quantitative estimate of drug-likeness (QED) is 0.663. The van der Waals surface area contributed by atoms with Crippen LogP contribution in [0.3, 0.4) is 0 Å². The van der Waals surface area contributed by atoms with Gasteiger partial charge in [-0.05, 0) is 36.4 Å². The van der Waals surface area contributed by atoms with Gasteiger partial charge in [-0.15, -0.1) is 0 Å². The van der Waals surface area contributed by atoms with Gasteiger partial charge in [0.2, 0.25) is 10.0 Å². The summed E-state index contributed by atoms with van der Waals surface area (Å²) in [5.41, 5.74) is -0.815. The molecule has 6 nitrogen and oxygen atoms in total. The second-order valence-electron chi connectivity index (χ2n) is 5.37. The van der Waals surface area contributed by atoms with Crippen molar-refractivity contribution in [2.45, 2.75) is 11.1 Å². The first-order valence-corrected chi connectivity index (χ1v) is 9.28. The van der Waals surface area contributed by atoms with Crippen molar-refractivity contribution < 1.29 is 31.1 Å². The van der Waals surface area contributed by atoms with Gasteiger partial charge in [0.25, 0.3) is 5.91 Å². The molecule has 2 N–H and O–H groups in total. The molecule has 10 heteroatoms. The molecular weight excluding hydrogens is 385 g/mol. The van der Waals surface area contributed by atoms with Gasteiger partial charge in [-0.25, -0.2) is 13.1 Å². The maximum absolute atomic E-state index is 12.4. The summed E-state index contributed by atoms with van der Waals surface area (Å²) < 4.78 is 68.7. The molecule has 0 aliphatic carbocycles. The first-order valence-electron chi connectivity index (χ1n) is 7.80. The fraction of sp³-hybridized carbons (Fsp3) is 0.235. The fourth-order valence-corrected chi connectivity index (χ4v) is 3.06. The first-order chi connectivity index (χ1) is 12.7. The molecule has 0 atom stereocenters. The molecule has 0 aliphatic heterocycles. The van der Waals surface area contributed by atoms with Crippen molar-refractivity contribution in [3.05, 3.63) is 60.2 Å². The van der Waals surface area contributed by atoms with Crippen molar-refractivity contribution in [1.82, 2.24) is 10.0 Å². The zero-order valence-corrected chi connectivity index (χ0v) is 14.8. The van der Waals surface area contributed by atoms with Crippen LogP contribution < -0.4 is 14.8 Å². The number of nitrogens with one attached hydrogen (secondary N) is 2. The minimum Gasteiger partial charge on any atom is -0.484 e. The molecule has 2 aromatic carbocycles. The van der Waals surface area contributed by atoms with Crippen LogP contribution >= 0.6 is 0 Å². The normalized spacial score (nSPS) is 11.8. The molecule has 0 fully saturated rings. The second kappa shape index (κ2) is 8.87. The van der Waals surface area contributed by atoms with Gasteiger partial charge in [-0.1, -0.05) is 18.2 Å². The third kappa shape index (κ3) is 6.57. The molecule has 0 heterocycles. The predicted octanol–water partition coefficient (Wildman–Crippen LogP) is 2.18. The largest absolute Gasteiger partial charge is 0.484 e. The van der Waals surface area contributed by atoms with E-state index in [4.69, 9.17) is 4.74 Å². The van der Waals surface area contributed by atoms with E-state index in [1.165, 1.54) is 12.1 Å². The van der Waals surface area contributed by atoms with Crippen molar-refractivity contribution in [1.29, 1.82) is 0 Å². The topological polar surface area (TPSA) is 84.5 Å². The molecule has 0 saturated heterocycles. The Morgan fingerprint density at radius 1 is 0.963 bits per heavy atom. The Morgan fingerprint density at radius 3 is 2.19 bits per heavy atom. The molecule has 1 amide bonds. The number of hydrogen-bond acceptors (Lipinski definition) is 4. The van der Waals surface area contributed by atoms with E-state index < -0.39 is 34.3 Å². The van der Waals surface area contributed by atoms with E-state index in [1.807, 2.05) is 0 Å². The van der Waals surface area contributed by atoms with Crippen LogP contribution in [0.2, 0.25) is 0 Å². The number of alkyl halides is 3. The van der Waals surface area contributed by atoms with E-state index in [0.717, 1.165) is 24.3 Å². The Bertz CT molecular complexity index is 854. The van der Waals surface area contributed by atoms with Crippen LogP contribution in [0, 0.1) is 0 Å². The highest BCUT2D eigenvalue weighted by atomic mass is 32.2. The van der Waals surface area contributed by atoms with E-state index in [0.29, 0.717) is 0 Å². The van der Waals surface area contributed by atoms with Gasteiger partial charge in [0.15, 0.2) is 6.61 Å². The minimum atomic E-state index is -4.44. The summed E-state index contributed by atoms with van der Waals surface area (Å²) in [7, 11) is -3.65. The zero-order valence-electron chi connectivity index (χ0n) is 14.0. The summed E-state index contributed by atoms with van der Waals surface area (Å²) in [6.07, 6.45) is -4.44. The highest BCUT2D eigenvalue weighted by Gasteiger charge is 2.30. The van der Waals surface area contributed by atoms with Crippen LogP contribution in [0.1, 0.15) is 5.56 Å². The van der Waals surface area contributed by atoms with Gasteiger partial charge >= 0.3 is 6.18 Å². The highest BCUT2D eigenvalue weighted by molar-refractivity contribution is 7.89. The lowest BCUT2D eigenvalue weighted by Gasteiger charge is -2.10. The molecule has 0 aromatic heterocycles. The summed E-state index contributed by atoms with van der Waals surface area (Å²) in [5.74, 6) is -0.420. The molecule has 0 aliphatic rings. The lowest BCUT2D eigenvalue weighted by molar-refractivity contribution is -0.137. The molecule has 146 valence electrons. The average molecular weight is 402 g/mol. The number of rotatable bonds is 8. The maximum Gasteiger partial charge on any atom is 0.416 e. The van der Waals surface area contributed by atoms with Crippen molar-refractivity contribution >= 4 is 15.9 Å². The van der Waals surface area contributed by atoms with Crippen LogP contribution in [0.25, 0.3) is 0 Å². The first kappa shape index (κ1) is 20.7. The molecule has 0 spiro atoms. The number of ether oxygens (including phenoxy) is 1. The SMILES string of the molecule is O=C(COc1ccc(C(F)(F)F)cc1)NCCNS(=O)(=O)c1ccccc1. The summed E-state index contributed by atoms with van der Waals surface area (Å²) >= 11 is 0. The van der Waals surface area contributed by atoms with Gasteiger partial charge in [0.05, 0.1) is 10.5 Å². The van der Waals surface area contributed by atoms with Gasteiger partial charge in [-0.2, -0.15) is 13.2 Å². The number of benzene rings is 2. The van der Waals surface area contributed by atoms with Gasteiger partial charge in [-0.3, -0.25) is 4.79 Å². The number of halogens is 3. The van der Waals surface area contributed by atoms with Crippen LogP contribution in [-0.4, -0.2) is 34.0 Å². The Kier molecular flexibility index (Phi) is 6.81. The molecular formula is C17H17F3N2O4S. The van der Waals surface area contributed by atoms with E-state index in [2.05, 4.69) is 10.0 Å². The van der Waals surface area contributed by atoms with Crippen LogP contribution in [-0.2, 0) is 21.0 Å². The average Bonchev–Trinajstić information content (AvgIpc) is 2.64. The number of amides is 1. The van der Waals surface area contributed by atoms with Gasteiger partial charge in [0.1, 0.15) is 5.75 Å². The standard InChI is InChI=1S/C17H17F3N2O4S/c18-17(19,20)13-6-8-14(9-7-13)26-12-16(23)21-10-11-22-27(24,25)15-4-2-1-3-5-15/h1-9,22H,10-12H2,(H,21,23). The Morgan fingerprint density at radius 2 is 1.59 bits per heavy atom. The van der Waals surface area contributed by atoms with E-state index in [1.54, 1.807) is 18.2 Å². The maximum atomic E-state index is 12.4. The lowest BCUT2D eigenvalue weighted by Crippen LogP contribution is -2.36. The molecule has 2 rings (SSSR count). The van der Waals surface area contributed by atoms with Crippen LogP contribution in [0.4, 0.5) is 13.2 Å². The second-order valence-corrected chi connectivity index (χ2v) is 7.14. The fourth-order valence-electron chi connectivity index (χ4n) is 2.01. The number of hydrogen-bond donors (Lipinski definition) is 2. The molecule has 27 heavy (non-hydrogen) atoms. The van der Waals surface area contributed by atoms with Crippen LogP contribution in [0.15, 0.2) is 59.5 Å². The summed E-state index contributed by atoms with van der Waals surface area (Å²) in [6.45, 7) is -0.401. The number of carbonyl (C=O) groups excluding carboxylic acids is 1. The van der Waals surface area contributed by atoms with E-state index in [-0.39, 0.29) is 23.7 Å². The Labute approximate surface area is 154 Å². The zero-order chi connectivity index (χ0) is 19.9.